The van der Waals surface area contributed by atoms with Gasteiger partial charge in [0.15, 0.2) is 5.41 Å². The molecule has 0 amide bonds. The molecule has 0 radical (unpaired) electrons. The van der Waals surface area contributed by atoms with Crippen LogP contribution in [0.3, 0.4) is 0 Å². The summed E-state index contributed by atoms with van der Waals surface area (Å²) in [6.45, 7) is 5.29. The monoisotopic (exact) mass is 380 g/mol. The van der Waals surface area contributed by atoms with E-state index in [4.69, 9.17) is 25.8 Å². The summed E-state index contributed by atoms with van der Waals surface area (Å²) in [7, 11) is 0. The van der Waals surface area contributed by atoms with Crippen molar-refractivity contribution in [3.63, 3.8) is 0 Å². The molecule has 2 rings (SSSR count). The fourth-order valence-corrected chi connectivity index (χ4v) is 3.13. The topological polar surface area (TPSA) is 78.9 Å². The molecule has 140 valence electrons. The first kappa shape index (κ1) is 20.0. The summed E-state index contributed by atoms with van der Waals surface area (Å²) in [4.78, 5) is 38.1. The van der Waals surface area contributed by atoms with Gasteiger partial charge in [-0.05, 0) is 50.1 Å². The van der Waals surface area contributed by atoms with Gasteiger partial charge in [0, 0.05) is 17.0 Å². The first-order valence-corrected chi connectivity index (χ1v) is 8.80. The number of hydrogen-bond acceptors (Lipinski definition) is 6. The van der Waals surface area contributed by atoms with Crippen molar-refractivity contribution in [1.29, 1.82) is 0 Å². The molecule has 0 fully saturated rings. The van der Waals surface area contributed by atoms with E-state index in [1.165, 1.54) is 6.07 Å². The smallest absolute Gasteiger partial charge is 0.334 e. The Morgan fingerprint density at radius 2 is 1.58 bits per heavy atom. The maximum atomic E-state index is 12.9. The quantitative estimate of drug-likeness (QED) is 0.428. The van der Waals surface area contributed by atoms with Crippen molar-refractivity contribution < 1.29 is 28.6 Å². The highest BCUT2D eigenvalue weighted by Crippen LogP contribution is 2.42. The zero-order valence-corrected chi connectivity index (χ0v) is 15.7. The van der Waals surface area contributed by atoms with Crippen molar-refractivity contribution in [3.05, 3.63) is 39.9 Å². The molecule has 1 aliphatic carbocycles. The zero-order chi connectivity index (χ0) is 19.3. The molecule has 0 N–H and O–H groups in total. The van der Waals surface area contributed by atoms with E-state index >= 15 is 0 Å². The fraction of sp³-hybridized carbons (Fsp3) is 0.421. The third-order valence-corrected chi connectivity index (χ3v) is 4.28. The Morgan fingerprint density at radius 3 is 2.12 bits per heavy atom. The highest BCUT2D eigenvalue weighted by molar-refractivity contribution is 6.31. The van der Waals surface area contributed by atoms with Gasteiger partial charge >= 0.3 is 17.9 Å². The largest absolute Gasteiger partial charge is 0.465 e. The Bertz CT molecular complexity index is 734. The lowest BCUT2D eigenvalue weighted by Gasteiger charge is -2.34. The molecule has 1 aromatic carbocycles. The number of carbonyl (C=O) groups is 3. The van der Waals surface area contributed by atoms with Crippen LogP contribution in [0.2, 0.25) is 5.02 Å². The summed E-state index contributed by atoms with van der Waals surface area (Å²) in [5, 5.41) is 0.356. The average Bonchev–Trinajstić information content (AvgIpc) is 2.61. The first-order chi connectivity index (χ1) is 12.4. The third kappa shape index (κ3) is 3.60. The van der Waals surface area contributed by atoms with E-state index in [2.05, 4.69) is 0 Å². The molecule has 1 aromatic rings. The van der Waals surface area contributed by atoms with Gasteiger partial charge in [0.2, 0.25) is 0 Å². The second-order valence-electron chi connectivity index (χ2n) is 5.64. The van der Waals surface area contributed by atoms with Crippen molar-refractivity contribution in [3.8, 4) is 0 Å². The molecule has 0 aromatic heterocycles. The molecule has 0 aliphatic heterocycles. The Labute approximate surface area is 157 Å². The van der Waals surface area contributed by atoms with Gasteiger partial charge in [-0.3, -0.25) is 9.59 Å². The van der Waals surface area contributed by atoms with Gasteiger partial charge in [0.05, 0.1) is 19.8 Å². The molecular weight excluding hydrogens is 360 g/mol. The number of halogens is 1. The lowest BCUT2D eigenvalue weighted by atomic mass is 9.70. The van der Waals surface area contributed by atoms with E-state index in [1.54, 1.807) is 39.0 Å². The van der Waals surface area contributed by atoms with Crippen molar-refractivity contribution in [2.45, 2.75) is 32.6 Å². The number of fused-ring (bicyclic) bond motifs is 1. The maximum absolute atomic E-state index is 12.9. The maximum Gasteiger partial charge on any atom is 0.334 e. The average molecular weight is 381 g/mol. The minimum Gasteiger partial charge on any atom is -0.465 e. The van der Waals surface area contributed by atoms with E-state index in [0.29, 0.717) is 16.1 Å². The van der Waals surface area contributed by atoms with E-state index in [-0.39, 0.29) is 31.8 Å². The molecule has 0 atom stereocenters. The summed E-state index contributed by atoms with van der Waals surface area (Å²) >= 11 is 6.10. The van der Waals surface area contributed by atoms with Crippen LogP contribution >= 0.6 is 11.6 Å². The second-order valence-corrected chi connectivity index (χ2v) is 6.08. The van der Waals surface area contributed by atoms with Crippen LogP contribution in [0.1, 0.15) is 38.3 Å². The number of benzene rings is 1. The molecule has 0 saturated heterocycles. The molecule has 26 heavy (non-hydrogen) atoms. The van der Waals surface area contributed by atoms with Crippen LogP contribution in [0, 0.1) is 0 Å². The summed E-state index contributed by atoms with van der Waals surface area (Å²) < 4.78 is 15.4. The van der Waals surface area contributed by atoms with Gasteiger partial charge in [-0.2, -0.15) is 0 Å². The van der Waals surface area contributed by atoms with Gasteiger partial charge in [-0.25, -0.2) is 4.79 Å². The lowest BCUT2D eigenvalue weighted by molar-refractivity contribution is -0.165. The molecule has 0 spiro atoms. The number of carbonyl (C=O) groups excluding carboxylic acids is 3. The van der Waals surface area contributed by atoms with Crippen LogP contribution in [0.4, 0.5) is 0 Å². The van der Waals surface area contributed by atoms with Gasteiger partial charge in [0.25, 0.3) is 0 Å². The Hall–Kier alpha value is -2.34. The molecule has 6 nitrogen and oxygen atoms in total. The van der Waals surface area contributed by atoms with Crippen LogP contribution in [-0.2, 0) is 34.0 Å². The molecule has 0 bridgehead atoms. The molecule has 1 aliphatic rings. The molecule has 7 heteroatoms. The second kappa shape index (κ2) is 8.36. The first-order valence-electron chi connectivity index (χ1n) is 8.42. The van der Waals surface area contributed by atoms with Crippen LogP contribution in [-0.4, -0.2) is 37.7 Å². The third-order valence-electron chi connectivity index (χ3n) is 4.05. The molecule has 0 unspecified atom stereocenters. The summed E-state index contributed by atoms with van der Waals surface area (Å²) in [6.07, 6.45) is 1.39. The molecule has 0 heterocycles. The minimum atomic E-state index is -1.80. The number of ether oxygens (including phenoxy) is 3. The van der Waals surface area contributed by atoms with Gasteiger partial charge in [-0.15, -0.1) is 0 Å². The highest BCUT2D eigenvalue weighted by Gasteiger charge is 2.54. The Balaban J connectivity index is 2.70. The molecular formula is C19H21ClO6. The predicted octanol–water partition coefficient (Wildman–Crippen LogP) is 3.05. The Kier molecular flexibility index (Phi) is 6.42. The van der Waals surface area contributed by atoms with Gasteiger partial charge < -0.3 is 14.2 Å². The Morgan fingerprint density at radius 1 is 1.00 bits per heavy atom. The van der Waals surface area contributed by atoms with E-state index in [0.717, 1.165) is 0 Å². The summed E-state index contributed by atoms with van der Waals surface area (Å²) in [6, 6.07) is 4.79. The van der Waals surface area contributed by atoms with Crippen LogP contribution in [0.15, 0.2) is 23.8 Å². The molecule has 0 saturated carbocycles. The minimum absolute atomic E-state index is 0.0777. The van der Waals surface area contributed by atoms with Crippen molar-refractivity contribution in [2.24, 2.45) is 0 Å². The van der Waals surface area contributed by atoms with Crippen LogP contribution < -0.4 is 0 Å². The predicted molar refractivity (Wildman–Crippen MR) is 95.6 cm³/mol. The normalized spacial score (nSPS) is 14.7. The van der Waals surface area contributed by atoms with Crippen LogP contribution in [0.25, 0.3) is 6.08 Å². The lowest BCUT2D eigenvalue weighted by Crippen LogP contribution is -2.48. The summed E-state index contributed by atoms with van der Waals surface area (Å²) in [5.74, 6) is -2.15. The fourth-order valence-electron chi connectivity index (χ4n) is 2.95. The van der Waals surface area contributed by atoms with Crippen molar-refractivity contribution in [1.82, 2.24) is 0 Å². The van der Waals surface area contributed by atoms with E-state index in [9.17, 15) is 14.4 Å². The SMILES string of the molecule is CCOC(=O)C1=Cc2ccc(Cl)cc2C(C(=O)OCC)(C(=O)OCC)C1. The number of hydrogen-bond donors (Lipinski definition) is 0. The van der Waals surface area contributed by atoms with Crippen molar-refractivity contribution in [2.75, 3.05) is 19.8 Å². The summed E-state index contributed by atoms with van der Waals surface area (Å²) in [5.41, 5.74) is -0.731. The van der Waals surface area contributed by atoms with Gasteiger partial charge in [0.1, 0.15) is 0 Å². The van der Waals surface area contributed by atoms with Crippen molar-refractivity contribution >= 4 is 35.6 Å². The van der Waals surface area contributed by atoms with Crippen LogP contribution in [0.5, 0.6) is 0 Å². The zero-order valence-electron chi connectivity index (χ0n) is 15.0. The highest BCUT2D eigenvalue weighted by atomic mass is 35.5. The van der Waals surface area contributed by atoms with Gasteiger partial charge in [-0.1, -0.05) is 17.7 Å². The van der Waals surface area contributed by atoms with E-state index in [1.807, 2.05) is 0 Å². The number of rotatable bonds is 6. The van der Waals surface area contributed by atoms with E-state index < -0.39 is 23.3 Å². The number of esters is 3. The standard InChI is InChI=1S/C19H21ClO6/c1-4-24-16(21)13-9-12-7-8-14(20)10-15(12)19(11-13,17(22)25-5-2)18(23)26-6-3/h7-10H,4-6,11H2,1-3H3.